The van der Waals surface area contributed by atoms with Crippen molar-refractivity contribution in [1.82, 2.24) is 29.4 Å². The number of pyridine rings is 2. The third kappa shape index (κ3) is 4.67. The highest BCUT2D eigenvalue weighted by Crippen LogP contribution is 2.32. The van der Waals surface area contributed by atoms with Crippen LogP contribution in [0.1, 0.15) is 67.2 Å². The number of nitriles is 1. The first kappa shape index (κ1) is 23.5. The second-order valence-corrected chi connectivity index (χ2v) is 9.74. The van der Waals surface area contributed by atoms with E-state index in [4.69, 9.17) is 5.26 Å². The number of carbonyl (C=O) groups is 1. The van der Waals surface area contributed by atoms with Crippen LogP contribution >= 0.6 is 0 Å². The Hall–Kier alpha value is -4.19. The van der Waals surface area contributed by atoms with Crippen molar-refractivity contribution in [1.29, 1.82) is 5.26 Å². The van der Waals surface area contributed by atoms with E-state index in [1.165, 1.54) is 0 Å². The topological polar surface area (TPSA) is 113 Å². The average molecular weight is 483 g/mol. The predicted molar refractivity (Wildman–Crippen MR) is 138 cm³/mol. The highest BCUT2D eigenvalue weighted by atomic mass is 16.1. The van der Waals surface area contributed by atoms with Crippen LogP contribution in [0.25, 0.3) is 16.9 Å². The van der Waals surface area contributed by atoms with Crippen molar-refractivity contribution in [2.45, 2.75) is 57.5 Å². The number of nitrogens with zero attached hydrogens (tertiary/aromatic N) is 6. The molecule has 1 saturated carbocycles. The fourth-order valence-electron chi connectivity index (χ4n) is 4.99. The van der Waals surface area contributed by atoms with Gasteiger partial charge in [-0.2, -0.15) is 5.26 Å². The second-order valence-electron chi connectivity index (χ2n) is 9.74. The molecule has 5 rings (SSSR count). The quantitative estimate of drug-likeness (QED) is 0.424. The molecule has 0 aliphatic heterocycles. The lowest BCUT2D eigenvalue weighted by Crippen LogP contribution is -2.38. The van der Waals surface area contributed by atoms with E-state index in [1.807, 2.05) is 56.2 Å². The largest absolute Gasteiger partial charge is 0.382 e. The number of hydrogen-bond donors (Lipinski definition) is 2. The lowest BCUT2D eigenvalue weighted by molar-refractivity contribution is 0.0926. The number of nitrogens with one attached hydrogen (secondary N) is 2. The molecule has 0 saturated heterocycles. The van der Waals surface area contributed by atoms with Gasteiger partial charge in [0.05, 0.1) is 16.8 Å². The highest BCUT2D eigenvalue weighted by Gasteiger charge is 2.27. The van der Waals surface area contributed by atoms with Gasteiger partial charge >= 0.3 is 0 Å². The summed E-state index contributed by atoms with van der Waals surface area (Å²) >= 11 is 0. The Morgan fingerprint density at radius 2 is 1.92 bits per heavy atom. The number of rotatable bonds is 6. The minimum Gasteiger partial charge on any atom is -0.382 e. The normalized spacial score (nSPS) is 17.8. The van der Waals surface area contributed by atoms with Gasteiger partial charge in [-0.15, -0.1) is 0 Å². The first-order valence-corrected chi connectivity index (χ1v) is 12.3. The van der Waals surface area contributed by atoms with Crippen LogP contribution in [0, 0.1) is 11.3 Å². The van der Waals surface area contributed by atoms with Gasteiger partial charge in [0.2, 0.25) is 0 Å². The molecule has 0 aromatic carbocycles. The molecule has 9 heteroatoms. The monoisotopic (exact) mass is 482 g/mol. The van der Waals surface area contributed by atoms with Gasteiger partial charge in [-0.25, -0.2) is 15.0 Å². The van der Waals surface area contributed by atoms with Crippen molar-refractivity contribution in [3.8, 4) is 11.9 Å². The molecule has 4 aromatic rings. The van der Waals surface area contributed by atoms with E-state index in [0.717, 1.165) is 42.6 Å². The summed E-state index contributed by atoms with van der Waals surface area (Å²) in [5, 5.41) is 16.6. The van der Waals surface area contributed by atoms with Gasteiger partial charge in [-0.05, 0) is 51.7 Å². The number of hydrogen-bond acceptors (Lipinski definition) is 6. The summed E-state index contributed by atoms with van der Waals surface area (Å²) in [6.07, 6.45) is 12.7. The zero-order valence-electron chi connectivity index (χ0n) is 20.8. The molecule has 2 N–H and O–H groups in total. The number of carbonyl (C=O) groups excluding carboxylic acids is 1. The number of fused-ring (bicyclic) bond motifs is 1. The summed E-state index contributed by atoms with van der Waals surface area (Å²) in [5.41, 5.74) is 2.47. The van der Waals surface area contributed by atoms with Crippen LogP contribution in [-0.4, -0.2) is 42.1 Å². The molecule has 0 unspecified atom stereocenters. The standard InChI is InChI=1S/C27H30N8O/c1-17(2)32-23-13-24(35-10-8-20-12-18(14-28)15-31-26(20)35)30-16-22(23)27(36)33-21-6-4-19(5-7-21)25-29-9-11-34(25)3/h8-13,15-17,19,21H,4-7H2,1-3H3,(H,30,32)(H,33,36)/t19-,21+. The van der Waals surface area contributed by atoms with Crippen LogP contribution in [0.15, 0.2) is 49.2 Å². The van der Waals surface area contributed by atoms with Crippen molar-refractivity contribution in [3.63, 3.8) is 0 Å². The summed E-state index contributed by atoms with van der Waals surface area (Å²) in [6, 6.07) is 7.98. The van der Waals surface area contributed by atoms with Crippen molar-refractivity contribution >= 4 is 22.6 Å². The molecule has 4 aromatic heterocycles. The van der Waals surface area contributed by atoms with Gasteiger partial charge in [0.15, 0.2) is 0 Å². The van der Waals surface area contributed by atoms with E-state index in [2.05, 4.69) is 36.2 Å². The molecule has 0 spiro atoms. The van der Waals surface area contributed by atoms with Gasteiger partial charge < -0.3 is 15.2 Å². The minimum atomic E-state index is -0.119. The third-order valence-corrected chi connectivity index (χ3v) is 6.77. The number of aromatic nitrogens is 5. The Labute approximate surface area is 210 Å². The molecular formula is C27H30N8O. The van der Waals surface area contributed by atoms with Crippen molar-refractivity contribution in [2.75, 3.05) is 5.32 Å². The van der Waals surface area contributed by atoms with Crippen LogP contribution in [0.4, 0.5) is 5.69 Å². The lowest BCUT2D eigenvalue weighted by atomic mass is 9.85. The summed E-state index contributed by atoms with van der Waals surface area (Å²) < 4.78 is 3.95. The van der Waals surface area contributed by atoms with Gasteiger partial charge in [-0.3, -0.25) is 9.36 Å². The van der Waals surface area contributed by atoms with Crippen molar-refractivity contribution < 1.29 is 4.79 Å². The molecule has 9 nitrogen and oxygen atoms in total. The molecule has 4 heterocycles. The van der Waals surface area contributed by atoms with Crippen LogP contribution < -0.4 is 10.6 Å². The van der Waals surface area contributed by atoms with E-state index in [9.17, 15) is 4.79 Å². The van der Waals surface area contributed by atoms with Crippen molar-refractivity contribution in [3.05, 3.63) is 66.1 Å². The molecule has 0 atom stereocenters. The highest BCUT2D eigenvalue weighted by molar-refractivity contribution is 5.99. The fourth-order valence-corrected chi connectivity index (χ4v) is 4.99. The molecule has 184 valence electrons. The van der Waals surface area contributed by atoms with Gasteiger partial charge in [0.25, 0.3) is 5.91 Å². The molecule has 1 amide bonds. The second kappa shape index (κ2) is 9.82. The van der Waals surface area contributed by atoms with Crippen LogP contribution in [-0.2, 0) is 7.05 Å². The summed E-state index contributed by atoms with van der Waals surface area (Å²) in [4.78, 5) is 26.8. The summed E-state index contributed by atoms with van der Waals surface area (Å²) in [5.74, 6) is 2.09. The first-order chi connectivity index (χ1) is 17.4. The molecular weight excluding hydrogens is 452 g/mol. The van der Waals surface area contributed by atoms with E-state index < -0.39 is 0 Å². The molecule has 1 fully saturated rings. The summed E-state index contributed by atoms with van der Waals surface area (Å²) in [7, 11) is 2.03. The molecule has 1 aliphatic carbocycles. The smallest absolute Gasteiger partial charge is 0.255 e. The Kier molecular flexibility index (Phi) is 6.42. The van der Waals surface area contributed by atoms with E-state index >= 15 is 0 Å². The van der Waals surface area contributed by atoms with E-state index in [0.29, 0.717) is 28.5 Å². The Balaban J connectivity index is 1.35. The molecule has 0 radical (unpaired) electrons. The number of anilines is 1. The number of imidazole rings is 1. The first-order valence-electron chi connectivity index (χ1n) is 12.3. The zero-order chi connectivity index (χ0) is 25.2. The van der Waals surface area contributed by atoms with Crippen LogP contribution in [0.2, 0.25) is 0 Å². The maximum Gasteiger partial charge on any atom is 0.255 e. The molecule has 36 heavy (non-hydrogen) atoms. The lowest BCUT2D eigenvalue weighted by Gasteiger charge is -2.29. The van der Waals surface area contributed by atoms with Gasteiger partial charge in [0.1, 0.15) is 23.4 Å². The molecule has 1 aliphatic rings. The third-order valence-electron chi connectivity index (χ3n) is 6.77. The Morgan fingerprint density at radius 1 is 1.11 bits per heavy atom. The fraction of sp³-hybridized carbons (Fsp3) is 0.370. The minimum absolute atomic E-state index is 0.119. The van der Waals surface area contributed by atoms with Crippen LogP contribution in [0.3, 0.4) is 0 Å². The average Bonchev–Trinajstić information content (AvgIpc) is 3.49. The SMILES string of the molecule is CC(C)Nc1cc(-n2ccc3cc(C#N)cnc32)ncc1C(=O)N[C@H]1CC[C@@H](c2nccn2C)CC1. The van der Waals surface area contributed by atoms with Crippen molar-refractivity contribution in [2.24, 2.45) is 7.05 Å². The number of amides is 1. The molecule has 0 bridgehead atoms. The number of aryl methyl sites for hydroxylation is 1. The van der Waals surface area contributed by atoms with Gasteiger partial charge in [-0.1, -0.05) is 0 Å². The Morgan fingerprint density at radius 3 is 2.61 bits per heavy atom. The summed E-state index contributed by atoms with van der Waals surface area (Å²) in [6.45, 7) is 4.08. The Bertz CT molecular complexity index is 1440. The maximum absolute atomic E-state index is 13.3. The maximum atomic E-state index is 13.3. The van der Waals surface area contributed by atoms with Crippen LogP contribution in [0.5, 0.6) is 0 Å². The van der Waals surface area contributed by atoms with E-state index in [1.54, 1.807) is 18.5 Å². The van der Waals surface area contributed by atoms with Gasteiger partial charge in [0, 0.05) is 67.5 Å². The van der Waals surface area contributed by atoms with E-state index in [-0.39, 0.29) is 18.0 Å². The zero-order valence-corrected chi connectivity index (χ0v) is 20.8. The predicted octanol–water partition coefficient (Wildman–Crippen LogP) is 4.30.